The predicted molar refractivity (Wildman–Crippen MR) is 263 cm³/mol. The molecule has 0 radical (unpaired) electrons. The molecule has 0 bridgehead atoms. The lowest BCUT2D eigenvalue weighted by molar-refractivity contribution is -0.870. The highest BCUT2D eigenvalue weighted by molar-refractivity contribution is 7.47. The van der Waals surface area contributed by atoms with Gasteiger partial charge in [-0.1, -0.05) is 142 Å². The number of allylic oxidation sites excluding steroid dienone is 3. The lowest BCUT2D eigenvalue weighted by Crippen LogP contribution is -2.51. The molecule has 4 aliphatic rings. The van der Waals surface area contributed by atoms with Gasteiger partial charge in [0.2, 0.25) is 0 Å². The molecule has 4 rings (SSSR count). The van der Waals surface area contributed by atoms with E-state index in [-0.39, 0.29) is 18.1 Å². The summed E-state index contributed by atoms with van der Waals surface area (Å²) in [7, 11) is 1.48. The predicted octanol–water partition coefficient (Wildman–Crippen LogP) is 14.1. The molecule has 3 saturated carbocycles. The molecule has 0 amide bonds. The molecule has 10 heteroatoms. The first kappa shape index (κ1) is 55.5. The number of phosphoric acid groups is 1. The molecule has 0 saturated heterocycles. The molecule has 9 nitrogen and oxygen atoms in total. The second-order valence-corrected chi connectivity index (χ2v) is 24.5. The third kappa shape index (κ3) is 17.5. The monoisotopic (exact) mass is 921 g/mol. The van der Waals surface area contributed by atoms with Crippen LogP contribution in [-0.4, -0.2) is 86.3 Å². The maximum absolute atomic E-state index is 13.0. The quantitative estimate of drug-likeness (QED) is 0.0290. The number of rotatable bonds is 33. The fourth-order valence-corrected chi connectivity index (χ4v) is 13.4. The number of nitrogens with zero attached hydrogens (tertiary/aromatic N) is 1. The molecule has 3 fully saturated rings. The molecular formula is C54H99NO8P+. The van der Waals surface area contributed by atoms with Gasteiger partial charge in [0, 0.05) is 6.61 Å². The molecule has 4 aliphatic carbocycles. The topological polar surface area (TPSA) is 112 Å². The largest absolute Gasteiger partial charge is 0.479 e. The van der Waals surface area contributed by atoms with Crippen LogP contribution in [0.1, 0.15) is 202 Å². The summed E-state index contributed by atoms with van der Waals surface area (Å²) < 4.78 is 37.1. The number of unbranched alkanes of at least 4 members (excludes halogenated alkanes) is 12. The van der Waals surface area contributed by atoms with E-state index in [1.807, 2.05) is 21.1 Å². The summed E-state index contributed by atoms with van der Waals surface area (Å²) in [4.78, 5) is 23.6. The van der Waals surface area contributed by atoms with Crippen LogP contribution in [0.2, 0.25) is 0 Å². The maximum Gasteiger partial charge on any atom is 0.472 e. The summed E-state index contributed by atoms with van der Waals surface area (Å²) in [6, 6.07) is 0. The number of hydrogen-bond donors (Lipinski definition) is 2. The number of carboxylic acids is 1. The van der Waals surface area contributed by atoms with Crippen molar-refractivity contribution in [1.82, 2.24) is 0 Å². The number of phosphoric ester groups is 1. The average molecular weight is 921 g/mol. The van der Waals surface area contributed by atoms with Gasteiger partial charge in [0.1, 0.15) is 19.3 Å². The first-order chi connectivity index (χ1) is 30.4. The van der Waals surface area contributed by atoms with Gasteiger partial charge in [-0.25, -0.2) is 9.36 Å². The van der Waals surface area contributed by atoms with Crippen LogP contribution in [0.15, 0.2) is 23.8 Å². The Morgan fingerprint density at radius 2 is 1.48 bits per heavy atom. The minimum atomic E-state index is -4.45. The maximum atomic E-state index is 13.0. The molecule has 0 aromatic carbocycles. The third-order valence-electron chi connectivity index (χ3n) is 16.6. The Bertz CT molecular complexity index is 1460. The van der Waals surface area contributed by atoms with Gasteiger partial charge in [-0.15, -0.1) is 0 Å². The smallest absolute Gasteiger partial charge is 0.472 e. The number of ether oxygens (including phenoxy) is 2. The second-order valence-electron chi connectivity index (χ2n) is 23.0. The zero-order valence-corrected chi connectivity index (χ0v) is 43.6. The van der Waals surface area contributed by atoms with Crippen LogP contribution in [0.3, 0.4) is 0 Å². The Morgan fingerprint density at radius 1 is 0.828 bits per heavy atom. The van der Waals surface area contributed by atoms with Gasteiger partial charge in [-0.3, -0.25) is 9.05 Å². The summed E-state index contributed by atoms with van der Waals surface area (Å²) in [5, 5.41) is 10.6. The van der Waals surface area contributed by atoms with E-state index in [4.69, 9.17) is 18.5 Å². The molecular weight excluding hydrogens is 822 g/mol. The summed E-state index contributed by atoms with van der Waals surface area (Å²) in [6.07, 6.45) is 34.4. The Labute approximate surface area is 392 Å². The van der Waals surface area contributed by atoms with E-state index in [0.29, 0.717) is 29.0 Å². The highest BCUT2D eigenvalue weighted by Gasteiger charge is 2.59. The minimum Gasteiger partial charge on any atom is -0.479 e. The number of fused-ring (bicyclic) bond motifs is 5. The van der Waals surface area contributed by atoms with Gasteiger partial charge in [0.15, 0.2) is 6.10 Å². The standard InChI is InChI=1S/C54H98NO8P/c1-10-11-12-13-14-15-16-17-18-19-20-21-22-23-24-25-38-60-50(41-62-64(58,59)61-39-37-55(7,8)9)51(52(56)57)63-45-33-35-53(5)44(40-45)29-30-46-48-32-31-47(43(4)28-26-27-42(2)3)54(48,6)36-34-49(46)53/h17-18,29,42-43,45-51H,10-16,19-28,30-41H2,1-9H3,(H-,56,57,58,59)/p+1/t43-,45?,46?,47-,48?,49?,50?,51?,53+,54-/m1/s1. The SMILES string of the molecule is CCCCCCCCC=CCCCCCCCCOC(COP(=O)(O)OCC[N+](C)(C)C)C(OC1CC[C@@]2(C)C(=CCC3C2CC[C@@]2(C)C3CC[C@@H]2[C@H](C)CCCC(C)C)C1)C(=O)O. The molecule has 11 atom stereocenters. The normalized spacial score (nSPS) is 29.5. The minimum absolute atomic E-state index is 0.0348. The first-order valence-electron chi connectivity index (χ1n) is 26.7. The van der Waals surface area contributed by atoms with Crippen LogP contribution in [0, 0.1) is 46.3 Å². The van der Waals surface area contributed by atoms with E-state index in [1.54, 1.807) is 0 Å². The van der Waals surface area contributed by atoms with Crippen molar-refractivity contribution in [3.63, 3.8) is 0 Å². The van der Waals surface area contributed by atoms with Crippen molar-refractivity contribution >= 4 is 13.8 Å². The Balaban J connectivity index is 1.30. The molecule has 0 heterocycles. The van der Waals surface area contributed by atoms with Crippen molar-refractivity contribution in [3.8, 4) is 0 Å². The summed E-state index contributed by atoms with van der Waals surface area (Å²) in [5.74, 6) is 3.43. The van der Waals surface area contributed by atoms with E-state index in [0.717, 1.165) is 87.4 Å². The summed E-state index contributed by atoms with van der Waals surface area (Å²) >= 11 is 0. The van der Waals surface area contributed by atoms with Crippen LogP contribution >= 0.6 is 7.82 Å². The van der Waals surface area contributed by atoms with Gasteiger partial charge >= 0.3 is 13.8 Å². The van der Waals surface area contributed by atoms with Crippen LogP contribution < -0.4 is 0 Å². The number of likely N-dealkylation sites (N-methyl/N-ethyl adjacent to an activating group) is 1. The van der Waals surface area contributed by atoms with Crippen LogP contribution in [0.4, 0.5) is 0 Å². The molecule has 64 heavy (non-hydrogen) atoms. The zero-order valence-electron chi connectivity index (χ0n) is 42.7. The number of quaternary nitrogens is 1. The molecule has 0 aromatic rings. The molecule has 372 valence electrons. The van der Waals surface area contributed by atoms with Crippen molar-refractivity contribution in [3.05, 3.63) is 23.8 Å². The lowest BCUT2D eigenvalue weighted by Gasteiger charge is -2.58. The number of carboxylic acid groups (broad SMARTS) is 1. The van der Waals surface area contributed by atoms with E-state index in [9.17, 15) is 19.4 Å². The fraction of sp³-hybridized carbons (Fsp3) is 0.907. The van der Waals surface area contributed by atoms with E-state index in [1.165, 1.54) is 108 Å². The fourth-order valence-electron chi connectivity index (χ4n) is 12.7. The Hall–Kier alpha value is -1.06. The van der Waals surface area contributed by atoms with E-state index in [2.05, 4.69) is 59.8 Å². The number of hydrogen-bond acceptors (Lipinski definition) is 6. The van der Waals surface area contributed by atoms with Crippen LogP contribution in [0.5, 0.6) is 0 Å². The van der Waals surface area contributed by atoms with Gasteiger partial charge in [-0.05, 0) is 130 Å². The molecule has 0 aliphatic heterocycles. The van der Waals surface area contributed by atoms with Gasteiger partial charge in [0.05, 0.1) is 33.9 Å². The van der Waals surface area contributed by atoms with E-state index >= 15 is 0 Å². The number of carbonyl (C=O) groups is 1. The Morgan fingerprint density at radius 3 is 2.12 bits per heavy atom. The molecule has 0 aromatic heterocycles. The third-order valence-corrected chi connectivity index (χ3v) is 17.6. The van der Waals surface area contributed by atoms with Gasteiger partial charge in [0.25, 0.3) is 0 Å². The van der Waals surface area contributed by atoms with Crippen molar-refractivity contribution in [2.45, 2.75) is 220 Å². The highest BCUT2D eigenvalue weighted by Crippen LogP contribution is 2.67. The van der Waals surface area contributed by atoms with Gasteiger partial charge < -0.3 is 24.0 Å². The molecule has 2 N–H and O–H groups in total. The zero-order chi connectivity index (χ0) is 46.8. The highest BCUT2D eigenvalue weighted by atomic mass is 31.2. The second kappa shape index (κ2) is 27.2. The van der Waals surface area contributed by atoms with E-state index < -0.39 is 32.6 Å². The molecule has 0 spiro atoms. The van der Waals surface area contributed by atoms with Crippen LogP contribution in [-0.2, 0) is 27.9 Å². The Kier molecular flexibility index (Phi) is 23.6. The summed E-state index contributed by atoms with van der Waals surface area (Å²) in [5.41, 5.74) is 1.99. The lowest BCUT2D eigenvalue weighted by atomic mass is 9.47. The molecule has 7 unspecified atom stereocenters. The average Bonchev–Trinajstić information content (AvgIpc) is 3.59. The first-order valence-corrected chi connectivity index (χ1v) is 28.2. The van der Waals surface area contributed by atoms with Crippen molar-refractivity contribution < 1.29 is 42.4 Å². The van der Waals surface area contributed by atoms with Crippen molar-refractivity contribution in [2.24, 2.45) is 46.3 Å². The van der Waals surface area contributed by atoms with Crippen molar-refractivity contribution in [1.29, 1.82) is 0 Å². The van der Waals surface area contributed by atoms with Crippen LogP contribution in [0.25, 0.3) is 0 Å². The summed E-state index contributed by atoms with van der Waals surface area (Å²) in [6.45, 7) is 15.1. The number of aliphatic carboxylic acids is 1. The van der Waals surface area contributed by atoms with Gasteiger partial charge in [-0.2, -0.15) is 0 Å². The van der Waals surface area contributed by atoms with Crippen molar-refractivity contribution in [2.75, 3.05) is 47.5 Å².